The lowest BCUT2D eigenvalue weighted by Gasteiger charge is -2.11. The Balaban J connectivity index is 1.74. The fraction of sp³-hybridized carbons (Fsp3) is 0.176. The number of hydrogen-bond donors (Lipinski definition) is 1. The highest BCUT2D eigenvalue weighted by atomic mass is 19.2. The Morgan fingerprint density at radius 2 is 2.00 bits per heavy atom. The predicted octanol–water partition coefficient (Wildman–Crippen LogP) is 3.18. The third kappa shape index (κ3) is 2.05. The molecule has 1 aliphatic heterocycles. The summed E-state index contributed by atoms with van der Waals surface area (Å²) in [6.07, 6.45) is 0.0990. The van der Waals surface area contributed by atoms with Crippen molar-refractivity contribution in [3.8, 4) is 5.75 Å². The van der Waals surface area contributed by atoms with Crippen LogP contribution in [0, 0.1) is 11.6 Å². The van der Waals surface area contributed by atoms with E-state index in [0.717, 1.165) is 0 Å². The quantitative estimate of drug-likeness (QED) is 0.803. The summed E-state index contributed by atoms with van der Waals surface area (Å²) in [6, 6.07) is 9.22. The number of para-hydroxylation sites is 2. The van der Waals surface area contributed by atoms with Gasteiger partial charge in [-0.1, -0.05) is 18.2 Å². The molecule has 0 bridgehead atoms. The van der Waals surface area contributed by atoms with Gasteiger partial charge in [-0.25, -0.2) is 18.7 Å². The molecule has 0 spiro atoms. The number of nitrogens with zero attached hydrogens (tertiary/aromatic N) is 2. The van der Waals surface area contributed by atoms with Crippen molar-refractivity contribution < 1.29 is 18.3 Å². The maximum absolute atomic E-state index is 14.2. The molecule has 0 aliphatic carbocycles. The third-order valence-corrected chi connectivity index (χ3v) is 4.17. The minimum Gasteiger partial charge on any atom is -0.494 e. The number of imidazole rings is 1. The van der Waals surface area contributed by atoms with E-state index in [1.165, 1.54) is 23.8 Å². The zero-order valence-corrected chi connectivity index (χ0v) is 12.7. The summed E-state index contributed by atoms with van der Waals surface area (Å²) in [4.78, 5) is 16.7. The van der Waals surface area contributed by atoms with Crippen molar-refractivity contribution in [2.75, 3.05) is 7.11 Å². The molecule has 1 atom stereocenters. The van der Waals surface area contributed by atoms with Gasteiger partial charge >= 0.3 is 6.03 Å². The van der Waals surface area contributed by atoms with Crippen molar-refractivity contribution in [1.29, 1.82) is 0 Å². The van der Waals surface area contributed by atoms with Crippen molar-refractivity contribution in [3.05, 3.63) is 59.4 Å². The molecule has 1 aromatic heterocycles. The number of amides is 1. The molecule has 1 unspecified atom stereocenters. The smallest absolute Gasteiger partial charge is 0.328 e. The lowest BCUT2D eigenvalue weighted by molar-refractivity contribution is 0.245. The summed E-state index contributed by atoms with van der Waals surface area (Å²) in [5.41, 5.74) is 1.53. The molecule has 1 N–H and O–H groups in total. The predicted molar refractivity (Wildman–Crippen MR) is 83.0 cm³/mol. The molecule has 1 amide bonds. The van der Waals surface area contributed by atoms with Gasteiger partial charge < -0.3 is 10.1 Å². The van der Waals surface area contributed by atoms with E-state index in [4.69, 9.17) is 4.74 Å². The van der Waals surface area contributed by atoms with Crippen LogP contribution in [0.1, 0.15) is 17.4 Å². The first-order valence-corrected chi connectivity index (χ1v) is 7.39. The monoisotopic (exact) mass is 329 g/mol. The second kappa shape index (κ2) is 5.30. The number of aromatic nitrogens is 2. The van der Waals surface area contributed by atoms with E-state index in [1.54, 1.807) is 12.1 Å². The Morgan fingerprint density at radius 3 is 2.79 bits per heavy atom. The van der Waals surface area contributed by atoms with E-state index in [0.29, 0.717) is 16.9 Å². The average molecular weight is 329 g/mol. The standard InChI is InChI=1S/C17H13F2N3O2/c1-24-13-7-6-9(14(18)15(13)19)8-11-16-20-10-4-2-3-5-12(10)22(16)17(23)21-11/h2-7,11H,8H2,1H3,(H,21,23). The number of ether oxygens (including phenoxy) is 1. The van der Waals surface area contributed by atoms with Gasteiger partial charge in [0, 0.05) is 6.42 Å². The Morgan fingerprint density at radius 1 is 1.21 bits per heavy atom. The highest BCUT2D eigenvalue weighted by Gasteiger charge is 2.33. The molecule has 0 saturated carbocycles. The molecular weight excluding hydrogens is 316 g/mol. The molecule has 7 heteroatoms. The van der Waals surface area contributed by atoms with E-state index in [9.17, 15) is 13.6 Å². The van der Waals surface area contributed by atoms with Gasteiger partial charge in [-0.15, -0.1) is 0 Å². The molecule has 0 fully saturated rings. The first-order chi connectivity index (χ1) is 11.6. The van der Waals surface area contributed by atoms with Crippen LogP contribution in [-0.2, 0) is 6.42 Å². The van der Waals surface area contributed by atoms with Crippen LogP contribution >= 0.6 is 0 Å². The zero-order valence-electron chi connectivity index (χ0n) is 12.7. The number of carbonyl (C=O) groups is 1. The van der Waals surface area contributed by atoms with E-state index >= 15 is 0 Å². The van der Waals surface area contributed by atoms with Gasteiger partial charge in [0.1, 0.15) is 5.82 Å². The van der Waals surface area contributed by atoms with Gasteiger partial charge in [-0.2, -0.15) is 4.39 Å². The summed E-state index contributed by atoms with van der Waals surface area (Å²) in [5, 5.41) is 2.76. The number of halogens is 2. The van der Waals surface area contributed by atoms with Crippen molar-refractivity contribution in [2.24, 2.45) is 0 Å². The third-order valence-electron chi connectivity index (χ3n) is 4.17. The number of fused-ring (bicyclic) bond motifs is 3. The molecule has 2 heterocycles. The number of rotatable bonds is 3. The Labute approximate surface area is 135 Å². The van der Waals surface area contributed by atoms with Gasteiger partial charge in [-0.05, 0) is 23.8 Å². The largest absolute Gasteiger partial charge is 0.494 e. The summed E-state index contributed by atoms with van der Waals surface area (Å²) in [5.74, 6) is -1.67. The number of nitrogens with one attached hydrogen (secondary N) is 1. The fourth-order valence-electron chi connectivity index (χ4n) is 3.02. The lowest BCUT2D eigenvalue weighted by Crippen LogP contribution is -2.23. The van der Waals surface area contributed by atoms with Crippen LogP contribution in [0.25, 0.3) is 11.0 Å². The van der Waals surface area contributed by atoms with Crippen molar-refractivity contribution >= 4 is 17.1 Å². The van der Waals surface area contributed by atoms with Crippen molar-refractivity contribution in [3.63, 3.8) is 0 Å². The first-order valence-electron chi connectivity index (χ1n) is 7.39. The molecule has 24 heavy (non-hydrogen) atoms. The Bertz CT molecular complexity index is 968. The van der Waals surface area contributed by atoms with Crippen LogP contribution < -0.4 is 10.1 Å². The van der Waals surface area contributed by atoms with E-state index in [1.807, 2.05) is 12.1 Å². The summed E-state index contributed by atoms with van der Waals surface area (Å²) in [7, 11) is 1.27. The summed E-state index contributed by atoms with van der Waals surface area (Å²) in [6.45, 7) is 0. The maximum atomic E-state index is 14.2. The Kier molecular flexibility index (Phi) is 3.23. The van der Waals surface area contributed by atoms with Crippen LogP contribution in [0.3, 0.4) is 0 Å². The van der Waals surface area contributed by atoms with Crippen molar-refractivity contribution in [1.82, 2.24) is 14.9 Å². The molecule has 0 saturated heterocycles. The molecule has 2 aromatic carbocycles. The van der Waals surface area contributed by atoms with Gasteiger partial charge in [0.05, 0.1) is 24.2 Å². The first kappa shape index (κ1) is 14.6. The number of benzene rings is 2. The van der Waals surface area contributed by atoms with Crippen LogP contribution in [0.4, 0.5) is 13.6 Å². The Hall–Kier alpha value is -2.96. The lowest BCUT2D eigenvalue weighted by atomic mass is 10.0. The fourth-order valence-corrected chi connectivity index (χ4v) is 3.02. The van der Waals surface area contributed by atoms with Gasteiger partial charge in [0.25, 0.3) is 0 Å². The van der Waals surface area contributed by atoms with Gasteiger partial charge in [-0.3, -0.25) is 0 Å². The maximum Gasteiger partial charge on any atom is 0.328 e. The van der Waals surface area contributed by atoms with E-state index < -0.39 is 17.7 Å². The highest BCUT2D eigenvalue weighted by molar-refractivity contribution is 5.92. The van der Waals surface area contributed by atoms with Crippen LogP contribution in [-0.4, -0.2) is 22.7 Å². The van der Waals surface area contributed by atoms with Crippen molar-refractivity contribution in [2.45, 2.75) is 12.5 Å². The molecule has 3 aromatic rings. The van der Waals surface area contributed by atoms with Crippen LogP contribution in [0.5, 0.6) is 5.75 Å². The molecule has 1 aliphatic rings. The number of hydrogen-bond acceptors (Lipinski definition) is 3. The minimum atomic E-state index is -1.03. The van der Waals surface area contributed by atoms with E-state index in [2.05, 4.69) is 10.3 Å². The number of carbonyl (C=O) groups excluding carboxylic acids is 1. The summed E-state index contributed by atoms with van der Waals surface area (Å²) >= 11 is 0. The van der Waals surface area contributed by atoms with Gasteiger partial charge in [0.2, 0.25) is 5.82 Å². The minimum absolute atomic E-state index is 0.0990. The second-order valence-corrected chi connectivity index (χ2v) is 5.56. The molecule has 5 nitrogen and oxygen atoms in total. The van der Waals surface area contributed by atoms with Crippen LogP contribution in [0.15, 0.2) is 36.4 Å². The molecule has 4 rings (SSSR count). The highest BCUT2D eigenvalue weighted by Crippen LogP contribution is 2.30. The SMILES string of the molecule is COc1ccc(CC2NC(=O)n3c2nc2ccccc23)c(F)c1F. The zero-order chi connectivity index (χ0) is 16.8. The van der Waals surface area contributed by atoms with Gasteiger partial charge in [0.15, 0.2) is 11.6 Å². The average Bonchev–Trinajstić information content (AvgIpc) is 3.10. The van der Waals surface area contributed by atoms with Crippen LogP contribution in [0.2, 0.25) is 0 Å². The molecular formula is C17H13F2N3O2. The molecule has 0 radical (unpaired) electrons. The topological polar surface area (TPSA) is 56.1 Å². The van der Waals surface area contributed by atoms with E-state index in [-0.39, 0.29) is 23.8 Å². The molecule has 122 valence electrons. The summed E-state index contributed by atoms with van der Waals surface area (Å²) < 4.78 is 34.3. The normalized spacial score (nSPS) is 16.3. The number of methoxy groups -OCH3 is 1. The second-order valence-electron chi connectivity index (χ2n) is 5.56.